The van der Waals surface area contributed by atoms with Gasteiger partial charge in [0.2, 0.25) is 0 Å². The summed E-state index contributed by atoms with van der Waals surface area (Å²) >= 11 is 4.58. The summed E-state index contributed by atoms with van der Waals surface area (Å²) in [4.78, 5) is 9.02. The topological polar surface area (TPSA) is 103 Å². The molecule has 2 N–H and O–H groups in total. The van der Waals surface area contributed by atoms with Crippen LogP contribution in [0.2, 0.25) is 0 Å². The summed E-state index contributed by atoms with van der Waals surface area (Å²) in [6.07, 6.45) is 0. The Kier molecular flexibility index (Phi) is 3.46. The predicted octanol–water partition coefficient (Wildman–Crippen LogP) is 1.16. The van der Waals surface area contributed by atoms with Crippen LogP contribution < -0.4 is 5.73 Å². The molecule has 0 atom stereocenters. The summed E-state index contributed by atoms with van der Waals surface area (Å²) in [6, 6.07) is 3.39. The third-order valence-corrected chi connectivity index (χ3v) is 3.28. The number of hydrogen-bond donors (Lipinski definition) is 1. The molecule has 0 spiro atoms. The van der Waals surface area contributed by atoms with Crippen LogP contribution in [0.3, 0.4) is 0 Å². The van der Waals surface area contributed by atoms with E-state index in [0.717, 1.165) is 12.1 Å². The van der Waals surface area contributed by atoms with Gasteiger partial charge in [-0.3, -0.25) is 10.1 Å². The van der Waals surface area contributed by atoms with Gasteiger partial charge in [-0.2, -0.15) is 0 Å². The maximum atomic E-state index is 11.2. The van der Waals surface area contributed by atoms with Gasteiger partial charge in [0.25, 0.3) is 14.7 Å². The molecule has 0 saturated heterocycles. The normalized spacial score (nSPS) is 11.1. The number of nitrogens with zero attached hydrogens (tertiary/aromatic N) is 1. The smallest absolute Gasteiger partial charge is 0.280 e. The Balaban J connectivity index is 3.72. The van der Waals surface area contributed by atoms with Crippen molar-refractivity contribution in [2.24, 2.45) is 5.73 Å². The lowest BCUT2D eigenvalue weighted by Crippen LogP contribution is -2.15. The van der Waals surface area contributed by atoms with Crippen LogP contribution in [0.25, 0.3) is 0 Å². The van der Waals surface area contributed by atoms with E-state index >= 15 is 0 Å². The van der Waals surface area contributed by atoms with Crippen molar-refractivity contribution in [3.8, 4) is 0 Å². The molecule has 0 radical (unpaired) electrons. The van der Waals surface area contributed by atoms with E-state index in [2.05, 4.69) is 12.2 Å². The highest BCUT2D eigenvalue weighted by atomic mass is 35.7. The molecule has 9 heteroatoms. The molecule has 0 aliphatic heterocycles. The van der Waals surface area contributed by atoms with E-state index in [9.17, 15) is 18.5 Å². The molecule has 6 nitrogen and oxygen atoms in total. The van der Waals surface area contributed by atoms with Gasteiger partial charge in [0.1, 0.15) is 10.6 Å². The number of rotatable bonds is 3. The van der Waals surface area contributed by atoms with Crippen LogP contribution >= 0.6 is 22.9 Å². The molecule has 0 aliphatic rings. The molecule has 0 unspecified atom stereocenters. The molecule has 0 bridgehead atoms. The van der Waals surface area contributed by atoms with Gasteiger partial charge < -0.3 is 5.73 Å². The minimum absolute atomic E-state index is 0.350. The highest BCUT2D eigenvalue weighted by Gasteiger charge is 2.25. The fourth-order valence-electron chi connectivity index (χ4n) is 1.12. The van der Waals surface area contributed by atoms with E-state index in [4.69, 9.17) is 16.4 Å². The molecule has 16 heavy (non-hydrogen) atoms. The van der Waals surface area contributed by atoms with Crippen molar-refractivity contribution in [1.29, 1.82) is 0 Å². The number of thiocarbonyl (C=S) groups is 1. The fourth-order valence-corrected chi connectivity index (χ4v) is 2.49. The lowest BCUT2D eigenvalue weighted by atomic mass is 10.2. The van der Waals surface area contributed by atoms with Crippen LogP contribution in [0, 0.1) is 10.1 Å². The van der Waals surface area contributed by atoms with Crippen LogP contribution in [-0.2, 0) is 9.05 Å². The van der Waals surface area contributed by atoms with E-state index in [1.807, 2.05) is 0 Å². The monoisotopic (exact) mass is 280 g/mol. The Hall–Kier alpha value is -1.25. The molecule has 0 aliphatic carbocycles. The lowest BCUT2D eigenvalue weighted by molar-refractivity contribution is -0.385. The van der Waals surface area contributed by atoms with Gasteiger partial charge >= 0.3 is 0 Å². The van der Waals surface area contributed by atoms with Crippen LogP contribution in [0.4, 0.5) is 5.69 Å². The summed E-state index contributed by atoms with van der Waals surface area (Å²) < 4.78 is 22.3. The van der Waals surface area contributed by atoms with Crippen molar-refractivity contribution in [3.63, 3.8) is 0 Å². The number of halogens is 1. The van der Waals surface area contributed by atoms with Gasteiger partial charge in [-0.05, 0) is 6.07 Å². The average molecular weight is 281 g/mol. The van der Waals surface area contributed by atoms with Crippen LogP contribution in [0.1, 0.15) is 5.56 Å². The third-order valence-electron chi connectivity index (χ3n) is 1.71. The molecule has 0 heterocycles. The van der Waals surface area contributed by atoms with E-state index in [1.165, 1.54) is 6.07 Å². The first kappa shape index (κ1) is 12.8. The summed E-state index contributed by atoms with van der Waals surface area (Å²) in [5.74, 6) is 0. The Labute approximate surface area is 101 Å². The van der Waals surface area contributed by atoms with Crippen LogP contribution in [0.5, 0.6) is 0 Å². The van der Waals surface area contributed by atoms with E-state index < -0.39 is 29.5 Å². The predicted molar refractivity (Wildman–Crippen MR) is 62.0 cm³/mol. The number of nitro groups is 1. The van der Waals surface area contributed by atoms with Gasteiger partial charge in [-0.15, -0.1) is 0 Å². The first-order valence-electron chi connectivity index (χ1n) is 3.77. The maximum Gasteiger partial charge on any atom is 0.280 e. The van der Waals surface area contributed by atoms with Gasteiger partial charge in [0.15, 0.2) is 0 Å². The Morgan fingerprint density at radius 3 is 2.44 bits per heavy atom. The quantitative estimate of drug-likeness (QED) is 0.386. The first-order valence-corrected chi connectivity index (χ1v) is 6.48. The molecule has 1 aromatic rings. The second-order valence-electron chi connectivity index (χ2n) is 2.71. The molecule has 0 saturated carbocycles. The van der Waals surface area contributed by atoms with E-state index in [-0.39, 0.29) is 5.56 Å². The summed E-state index contributed by atoms with van der Waals surface area (Å²) in [5, 5.41) is 10.7. The van der Waals surface area contributed by atoms with Crippen molar-refractivity contribution >= 4 is 42.6 Å². The van der Waals surface area contributed by atoms with E-state index in [1.54, 1.807) is 0 Å². The molecule has 1 rings (SSSR count). The Bertz CT molecular complexity index is 570. The molecule has 86 valence electrons. The second-order valence-corrected chi connectivity index (χ2v) is 5.68. The highest BCUT2D eigenvalue weighted by molar-refractivity contribution is 8.13. The van der Waals surface area contributed by atoms with Gasteiger partial charge in [-0.25, -0.2) is 8.42 Å². The van der Waals surface area contributed by atoms with Crippen molar-refractivity contribution in [2.75, 3.05) is 0 Å². The summed E-state index contributed by atoms with van der Waals surface area (Å²) in [5.41, 5.74) is 4.41. The Morgan fingerprint density at radius 1 is 1.50 bits per heavy atom. The van der Waals surface area contributed by atoms with Gasteiger partial charge in [0.05, 0.1) is 9.82 Å². The molecule has 0 fully saturated rings. The maximum absolute atomic E-state index is 11.2. The zero-order valence-electron chi connectivity index (χ0n) is 7.58. The van der Waals surface area contributed by atoms with Crippen molar-refractivity contribution in [3.05, 3.63) is 33.9 Å². The standard InChI is InChI=1S/C7H5ClN2O4S2/c8-16(13,14)5-3-1-2-4(10(11)12)6(5)7(9)15/h1-3H,(H2,9,15). The molecular formula is C7H5ClN2O4S2. The minimum Gasteiger partial charge on any atom is -0.389 e. The van der Waals surface area contributed by atoms with Crippen molar-refractivity contribution in [1.82, 2.24) is 0 Å². The summed E-state index contributed by atoms with van der Waals surface area (Å²) in [6.45, 7) is 0. The average Bonchev–Trinajstić information content (AvgIpc) is 2.14. The largest absolute Gasteiger partial charge is 0.389 e. The minimum atomic E-state index is -4.13. The summed E-state index contributed by atoms with van der Waals surface area (Å²) in [7, 11) is 0.985. The SMILES string of the molecule is NC(=S)c1c([N+](=O)[O-])cccc1S(=O)(=O)Cl. The molecule has 1 aromatic carbocycles. The molecule has 0 amide bonds. The van der Waals surface area contributed by atoms with Crippen molar-refractivity contribution in [2.45, 2.75) is 4.90 Å². The molecule has 0 aromatic heterocycles. The number of benzene rings is 1. The van der Waals surface area contributed by atoms with Crippen LogP contribution in [0.15, 0.2) is 23.1 Å². The lowest BCUT2D eigenvalue weighted by Gasteiger charge is -2.05. The van der Waals surface area contributed by atoms with E-state index in [0.29, 0.717) is 0 Å². The number of nitro benzene ring substituents is 1. The highest BCUT2D eigenvalue weighted by Crippen LogP contribution is 2.27. The number of nitrogens with two attached hydrogens (primary N) is 1. The fraction of sp³-hybridized carbons (Fsp3) is 0. The van der Waals surface area contributed by atoms with Crippen molar-refractivity contribution < 1.29 is 13.3 Å². The van der Waals surface area contributed by atoms with Gasteiger partial charge in [0, 0.05) is 16.7 Å². The first-order chi connectivity index (χ1) is 7.25. The second kappa shape index (κ2) is 4.32. The van der Waals surface area contributed by atoms with Gasteiger partial charge in [-0.1, -0.05) is 18.3 Å². The third kappa shape index (κ3) is 2.46. The number of hydrogen-bond acceptors (Lipinski definition) is 5. The van der Waals surface area contributed by atoms with Crippen LogP contribution in [-0.4, -0.2) is 18.3 Å². The molecular weight excluding hydrogens is 276 g/mol. The Morgan fingerprint density at radius 2 is 2.06 bits per heavy atom. The zero-order chi connectivity index (χ0) is 12.5. The zero-order valence-corrected chi connectivity index (χ0v) is 9.97.